The highest BCUT2D eigenvalue weighted by molar-refractivity contribution is 5.99. The maximum absolute atomic E-state index is 2.31. The van der Waals surface area contributed by atoms with Gasteiger partial charge in [0.25, 0.3) is 0 Å². The van der Waals surface area contributed by atoms with Gasteiger partial charge in [-0.2, -0.15) is 0 Å². The van der Waals surface area contributed by atoms with Gasteiger partial charge >= 0.3 is 0 Å². The largest absolute Gasteiger partial charge is 0.305 e. The van der Waals surface area contributed by atoms with E-state index in [0.717, 1.165) is 6.54 Å². The summed E-state index contributed by atoms with van der Waals surface area (Å²) in [5, 5.41) is 5.32. The third kappa shape index (κ3) is 1.98. The van der Waals surface area contributed by atoms with Gasteiger partial charge in [0.1, 0.15) is 0 Å². The van der Waals surface area contributed by atoms with Crippen molar-refractivity contribution in [2.45, 2.75) is 6.54 Å². The van der Waals surface area contributed by atoms with Crippen LogP contribution in [-0.4, -0.2) is 19.0 Å². The Balaban J connectivity index is 2.29. The van der Waals surface area contributed by atoms with Crippen molar-refractivity contribution < 1.29 is 0 Å². The molecule has 0 radical (unpaired) electrons. The maximum Gasteiger partial charge on any atom is 0.0233 e. The molecule has 0 heterocycles. The molecule has 0 spiro atoms. The Hall–Kier alpha value is -1.86. The molecule has 0 saturated heterocycles. The van der Waals surface area contributed by atoms with Gasteiger partial charge in [0.15, 0.2) is 0 Å². The first-order valence-electron chi connectivity index (χ1n) is 6.29. The fraction of sp³-hybridized carbons (Fsp3) is 0.176. The molecular weight excluding hydrogens is 218 g/mol. The van der Waals surface area contributed by atoms with Crippen LogP contribution in [0.4, 0.5) is 0 Å². The summed E-state index contributed by atoms with van der Waals surface area (Å²) in [7, 11) is 4.22. The van der Waals surface area contributed by atoms with E-state index in [1.807, 2.05) is 0 Å². The molecule has 90 valence electrons. The van der Waals surface area contributed by atoms with Crippen LogP contribution in [0.25, 0.3) is 21.5 Å². The highest BCUT2D eigenvalue weighted by Gasteiger charge is 2.03. The summed E-state index contributed by atoms with van der Waals surface area (Å²) < 4.78 is 0. The summed E-state index contributed by atoms with van der Waals surface area (Å²) in [6.45, 7) is 0.982. The molecule has 0 fully saturated rings. The second-order valence-corrected chi connectivity index (χ2v) is 5.08. The third-order valence-electron chi connectivity index (χ3n) is 3.32. The topological polar surface area (TPSA) is 3.24 Å². The van der Waals surface area contributed by atoms with Crippen LogP contribution in [0.3, 0.4) is 0 Å². The Kier molecular flexibility index (Phi) is 2.77. The summed E-state index contributed by atoms with van der Waals surface area (Å²) in [6, 6.07) is 19.7. The molecule has 0 saturated carbocycles. The summed E-state index contributed by atoms with van der Waals surface area (Å²) >= 11 is 0. The molecule has 0 atom stereocenters. The van der Waals surface area contributed by atoms with Crippen LogP contribution in [-0.2, 0) is 6.54 Å². The zero-order valence-electron chi connectivity index (χ0n) is 10.9. The van der Waals surface area contributed by atoms with Crippen LogP contribution >= 0.6 is 0 Å². The van der Waals surface area contributed by atoms with Crippen LogP contribution in [0.15, 0.2) is 54.6 Å². The Bertz CT molecular complexity index is 698. The first-order chi connectivity index (χ1) is 8.74. The molecule has 0 amide bonds. The summed E-state index contributed by atoms with van der Waals surface area (Å²) in [5.41, 5.74) is 1.39. The number of fused-ring (bicyclic) bond motifs is 2. The van der Waals surface area contributed by atoms with E-state index in [1.165, 1.54) is 27.1 Å². The molecule has 1 heteroatoms. The highest BCUT2D eigenvalue weighted by atomic mass is 15.0. The van der Waals surface area contributed by atoms with Gasteiger partial charge in [0.2, 0.25) is 0 Å². The molecule has 3 aromatic rings. The van der Waals surface area contributed by atoms with Crippen molar-refractivity contribution in [1.29, 1.82) is 0 Å². The zero-order valence-corrected chi connectivity index (χ0v) is 10.9. The lowest BCUT2D eigenvalue weighted by Gasteiger charge is -2.13. The van der Waals surface area contributed by atoms with E-state index < -0.39 is 0 Å². The van der Waals surface area contributed by atoms with Gasteiger partial charge in [0, 0.05) is 6.54 Å². The van der Waals surface area contributed by atoms with Crippen molar-refractivity contribution in [1.82, 2.24) is 4.90 Å². The molecule has 0 bridgehead atoms. The molecule has 18 heavy (non-hydrogen) atoms. The van der Waals surface area contributed by atoms with Crippen molar-refractivity contribution in [3.63, 3.8) is 0 Å². The fourth-order valence-electron chi connectivity index (χ4n) is 2.51. The minimum atomic E-state index is 0.982. The van der Waals surface area contributed by atoms with Crippen LogP contribution in [0, 0.1) is 0 Å². The summed E-state index contributed by atoms with van der Waals surface area (Å²) in [5.74, 6) is 0. The van der Waals surface area contributed by atoms with E-state index in [1.54, 1.807) is 0 Å². The highest BCUT2D eigenvalue weighted by Crippen LogP contribution is 2.25. The number of rotatable bonds is 2. The van der Waals surface area contributed by atoms with E-state index in [0.29, 0.717) is 0 Å². The number of benzene rings is 3. The van der Waals surface area contributed by atoms with Crippen LogP contribution in [0.2, 0.25) is 0 Å². The first-order valence-corrected chi connectivity index (χ1v) is 6.29. The normalized spacial score (nSPS) is 11.5. The minimum absolute atomic E-state index is 0.982. The van der Waals surface area contributed by atoms with Gasteiger partial charge in [-0.3, -0.25) is 0 Å². The number of hydrogen-bond acceptors (Lipinski definition) is 1. The van der Waals surface area contributed by atoms with E-state index in [4.69, 9.17) is 0 Å². The van der Waals surface area contributed by atoms with Crippen molar-refractivity contribution in [3.8, 4) is 0 Å². The van der Waals surface area contributed by atoms with Gasteiger partial charge < -0.3 is 4.90 Å². The molecule has 0 aromatic heterocycles. The zero-order chi connectivity index (χ0) is 12.5. The van der Waals surface area contributed by atoms with Crippen molar-refractivity contribution in [2.24, 2.45) is 0 Å². The van der Waals surface area contributed by atoms with Crippen LogP contribution in [0.5, 0.6) is 0 Å². The average molecular weight is 235 g/mol. The Labute approximate surface area is 108 Å². The Morgan fingerprint density at radius 1 is 0.778 bits per heavy atom. The van der Waals surface area contributed by atoms with E-state index in [9.17, 15) is 0 Å². The van der Waals surface area contributed by atoms with Gasteiger partial charge in [-0.15, -0.1) is 0 Å². The number of hydrogen-bond donors (Lipinski definition) is 0. The smallest absolute Gasteiger partial charge is 0.0233 e. The van der Waals surface area contributed by atoms with Gasteiger partial charge in [-0.25, -0.2) is 0 Å². The molecule has 3 aromatic carbocycles. The standard InChI is InChI=1S/C17H17N/c1-18(2)12-16-9-5-8-15-10-13-6-3-4-7-14(13)11-17(15)16/h3-11H,12H2,1-2H3. The maximum atomic E-state index is 2.31. The monoisotopic (exact) mass is 235 g/mol. The first kappa shape index (κ1) is 11.2. The molecule has 0 aliphatic heterocycles. The molecule has 3 rings (SSSR count). The predicted molar refractivity (Wildman–Crippen MR) is 78.8 cm³/mol. The summed E-state index contributed by atoms with van der Waals surface area (Å²) in [6.07, 6.45) is 0. The SMILES string of the molecule is CN(C)Cc1cccc2cc3ccccc3cc12. The lowest BCUT2D eigenvalue weighted by Crippen LogP contribution is -2.10. The van der Waals surface area contributed by atoms with E-state index in [-0.39, 0.29) is 0 Å². The van der Waals surface area contributed by atoms with Crippen LogP contribution in [0.1, 0.15) is 5.56 Å². The van der Waals surface area contributed by atoms with Crippen LogP contribution < -0.4 is 0 Å². The average Bonchev–Trinajstić information content (AvgIpc) is 2.36. The molecule has 0 N–H and O–H groups in total. The van der Waals surface area contributed by atoms with Crippen molar-refractivity contribution >= 4 is 21.5 Å². The minimum Gasteiger partial charge on any atom is -0.305 e. The lowest BCUT2D eigenvalue weighted by molar-refractivity contribution is 0.404. The second kappa shape index (κ2) is 4.43. The summed E-state index contributed by atoms with van der Waals surface area (Å²) in [4.78, 5) is 2.21. The molecule has 0 aliphatic rings. The molecule has 0 unspecified atom stereocenters. The Morgan fingerprint density at radius 2 is 1.44 bits per heavy atom. The predicted octanol–water partition coefficient (Wildman–Crippen LogP) is 4.05. The molecule has 0 aliphatic carbocycles. The van der Waals surface area contributed by atoms with Crippen molar-refractivity contribution in [2.75, 3.05) is 14.1 Å². The number of nitrogens with zero attached hydrogens (tertiary/aromatic N) is 1. The van der Waals surface area contributed by atoms with E-state index >= 15 is 0 Å². The Morgan fingerprint density at radius 3 is 2.17 bits per heavy atom. The van der Waals surface area contributed by atoms with Gasteiger partial charge in [-0.1, -0.05) is 42.5 Å². The third-order valence-corrected chi connectivity index (χ3v) is 3.32. The van der Waals surface area contributed by atoms with Gasteiger partial charge in [-0.05, 0) is 53.3 Å². The lowest BCUT2D eigenvalue weighted by atomic mass is 9.99. The van der Waals surface area contributed by atoms with Crippen molar-refractivity contribution in [3.05, 3.63) is 60.2 Å². The fourth-order valence-corrected chi connectivity index (χ4v) is 2.51. The quantitative estimate of drug-likeness (QED) is 0.606. The van der Waals surface area contributed by atoms with E-state index in [2.05, 4.69) is 73.6 Å². The van der Waals surface area contributed by atoms with Gasteiger partial charge in [0.05, 0.1) is 0 Å². The second-order valence-electron chi connectivity index (χ2n) is 5.08. The molecular formula is C17H17N. The molecule has 1 nitrogen and oxygen atoms in total.